The van der Waals surface area contributed by atoms with Crippen LogP contribution in [0.1, 0.15) is 213 Å². The number of nitrogens with two attached hydrogens (primary N) is 1. The lowest BCUT2D eigenvalue weighted by molar-refractivity contribution is -0.154. The number of carbonyl (C=O) groups excluding carboxylic acids is 1. The van der Waals surface area contributed by atoms with Crippen molar-refractivity contribution in [3.05, 3.63) is 72.9 Å². The van der Waals surface area contributed by atoms with Gasteiger partial charge < -0.3 is 25.2 Å². The molecule has 0 aromatic heterocycles. The van der Waals surface area contributed by atoms with Crippen molar-refractivity contribution in [3.8, 4) is 0 Å². The van der Waals surface area contributed by atoms with Gasteiger partial charge in [0.05, 0.1) is 19.8 Å². The fourth-order valence-corrected chi connectivity index (χ4v) is 7.58. The Hall–Kier alpha value is -2.59. The normalized spacial score (nSPS) is 14.3. The zero-order valence-electron chi connectivity index (χ0n) is 40.6. The maximum Gasteiger partial charge on any atom is 0.472 e. The maximum absolute atomic E-state index is 12.7. The zero-order valence-corrected chi connectivity index (χ0v) is 41.5. The summed E-state index contributed by atoms with van der Waals surface area (Å²) >= 11 is 0. The molecule has 0 bridgehead atoms. The molecule has 11 heteroatoms. The van der Waals surface area contributed by atoms with E-state index in [2.05, 4.69) is 86.8 Å². The molecule has 0 rings (SSSR count). The second kappa shape index (κ2) is 48.3. The lowest BCUT2D eigenvalue weighted by Gasteiger charge is -2.20. The predicted molar refractivity (Wildman–Crippen MR) is 267 cm³/mol. The minimum absolute atomic E-state index is 0.00744. The number of phosphoric acid groups is 1. The van der Waals surface area contributed by atoms with Crippen molar-refractivity contribution in [2.75, 3.05) is 26.4 Å². The third-order valence-electron chi connectivity index (χ3n) is 10.7. The van der Waals surface area contributed by atoms with Crippen LogP contribution in [0.3, 0.4) is 0 Å². The topological polar surface area (TPSA) is 155 Å². The van der Waals surface area contributed by atoms with Crippen LogP contribution in [0, 0.1) is 0 Å². The Kier molecular flexibility index (Phi) is 46.4. The van der Waals surface area contributed by atoms with E-state index >= 15 is 0 Å². The van der Waals surface area contributed by atoms with Gasteiger partial charge in [0.15, 0.2) is 0 Å². The molecule has 0 aliphatic rings. The molecule has 4 N–H and O–H groups in total. The summed E-state index contributed by atoms with van der Waals surface area (Å²) < 4.78 is 33.5. The van der Waals surface area contributed by atoms with Crippen LogP contribution < -0.4 is 5.73 Å². The first-order chi connectivity index (χ1) is 31.2. The molecule has 0 spiro atoms. The summed E-state index contributed by atoms with van der Waals surface area (Å²) in [5, 5.41) is 8.93. The number of carboxylic acids is 1. The lowest BCUT2D eigenvalue weighted by atomic mass is 10.1. The van der Waals surface area contributed by atoms with Gasteiger partial charge in [-0.05, 0) is 83.5 Å². The third kappa shape index (κ3) is 47.4. The first kappa shape index (κ1) is 61.4. The van der Waals surface area contributed by atoms with Crippen LogP contribution in [0.4, 0.5) is 0 Å². The highest BCUT2D eigenvalue weighted by atomic mass is 31.2. The number of hydrogen-bond acceptors (Lipinski definition) is 8. The first-order valence-electron chi connectivity index (χ1n) is 25.5. The minimum atomic E-state index is -4.63. The molecule has 0 aliphatic carbocycles. The van der Waals surface area contributed by atoms with Crippen molar-refractivity contribution >= 4 is 19.8 Å². The number of carboxylic acid groups (broad SMARTS) is 1. The van der Waals surface area contributed by atoms with Crippen molar-refractivity contribution < 1.29 is 42.7 Å². The average molecular weight is 920 g/mol. The monoisotopic (exact) mass is 920 g/mol. The Bertz CT molecular complexity index is 1290. The second-order valence-corrected chi connectivity index (χ2v) is 18.4. The predicted octanol–water partition coefficient (Wildman–Crippen LogP) is 14.9. The zero-order chi connectivity index (χ0) is 46.9. The minimum Gasteiger partial charge on any atom is -0.480 e. The Morgan fingerprint density at radius 2 is 0.906 bits per heavy atom. The van der Waals surface area contributed by atoms with Gasteiger partial charge >= 0.3 is 19.8 Å². The number of unbranched alkanes of at least 4 members (excludes halogenated alkanes) is 22. The van der Waals surface area contributed by atoms with Crippen LogP contribution in [0.5, 0.6) is 0 Å². The molecule has 3 unspecified atom stereocenters. The van der Waals surface area contributed by atoms with Crippen LogP contribution in [-0.2, 0) is 32.7 Å². The van der Waals surface area contributed by atoms with Crippen molar-refractivity contribution in [2.24, 2.45) is 5.73 Å². The van der Waals surface area contributed by atoms with E-state index in [1.807, 2.05) is 0 Å². The number of ether oxygens (including phenoxy) is 2. The molecule has 64 heavy (non-hydrogen) atoms. The summed E-state index contributed by atoms with van der Waals surface area (Å²) in [6.45, 7) is 3.76. The molecule has 0 aromatic rings. The molecule has 0 aromatic carbocycles. The van der Waals surface area contributed by atoms with E-state index < -0.39 is 45.1 Å². The van der Waals surface area contributed by atoms with Gasteiger partial charge in [0.25, 0.3) is 0 Å². The van der Waals surface area contributed by atoms with Crippen molar-refractivity contribution in [1.82, 2.24) is 0 Å². The van der Waals surface area contributed by atoms with Gasteiger partial charge in [-0.3, -0.25) is 18.6 Å². The second-order valence-electron chi connectivity index (χ2n) is 16.9. The van der Waals surface area contributed by atoms with Crippen molar-refractivity contribution in [2.45, 2.75) is 225 Å². The number of allylic oxidation sites excluding steroid dienone is 12. The number of hydrogen-bond donors (Lipinski definition) is 3. The van der Waals surface area contributed by atoms with E-state index in [1.165, 1.54) is 109 Å². The molecule has 3 atom stereocenters. The summed E-state index contributed by atoms with van der Waals surface area (Å²) in [5.74, 6) is -1.79. The molecule has 0 heterocycles. The molecule has 0 saturated carbocycles. The fourth-order valence-electron chi connectivity index (χ4n) is 6.80. The van der Waals surface area contributed by atoms with E-state index in [1.54, 1.807) is 0 Å². The molecule has 0 saturated heterocycles. The van der Waals surface area contributed by atoms with Gasteiger partial charge in [-0.1, -0.05) is 196 Å². The van der Waals surface area contributed by atoms with Crippen LogP contribution in [0.25, 0.3) is 0 Å². The molecule has 10 nitrogen and oxygen atoms in total. The van der Waals surface area contributed by atoms with Crippen LogP contribution >= 0.6 is 7.82 Å². The highest BCUT2D eigenvalue weighted by molar-refractivity contribution is 7.47. The average Bonchev–Trinajstić information content (AvgIpc) is 3.28. The van der Waals surface area contributed by atoms with E-state index in [9.17, 15) is 19.0 Å². The van der Waals surface area contributed by atoms with Crippen LogP contribution in [0.15, 0.2) is 72.9 Å². The molecule has 0 fully saturated rings. The molecule has 370 valence electrons. The third-order valence-corrected chi connectivity index (χ3v) is 11.7. The molecular weight excluding hydrogens is 826 g/mol. The van der Waals surface area contributed by atoms with Crippen molar-refractivity contribution in [3.63, 3.8) is 0 Å². The van der Waals surface area contributed by atoms with Crippen LogP contribution in [-0.4, -0.2) is 60.5 Å². The van der Waals surface area contributed by atoms with Gasteiger partial charge in [0.1, 0.15) is 12.1 Å². The Balaban J connectivity index is 4.19. The van der Waals surface area contributed by atoms with Gasteiger partial charge in [-0.2, -0.15) is 0 Å². The summed E-state index contributed by atoms with van der Waals surface area (Å²) in [4.78, 5) is 33.7. The number of aliphatic carboxylic acids is 1. The Labute approximate surface area is 391 Å². The number of carbonyl (C=O) groups is 2. The fraction of sp³-hybridized carbons (Fsp3) is 0.736. The number of phosphoric ester groups is 1. The van der Waals surface area contributed by atoms with E-state index in [0.717, 1.165) is 77.0 Å². The highest BCUT2D eigenvalue weighted by Crippen LogP contribution is 2.43. The quantitative estimate of drug-likeness (QED) is 0.0232. The first-order valence-corrected chi connectivity index (χ1v) is 27.0. The van der Waals surface area contributed by atoms with E-state index in [-0.39, 0.29) is 13.0 Å². The maximum atomic E-state index is 12.7. The number of esters is 1. The van der Waals surface area contributed by atoms with Gasteiger partial charge in [-0.15, -0.1) is 0 Å². The summed E-state index contributed by atoms with van der Waals surface area (Å²) in [6.07, 6.45) is 60.9. The largest absolute Gasteiger partial charge is 0.480 e. The molecule has 0 aliphatic heterocycles. The summed E-state index contributed by atoms with van der Waals surface area (Å²) in [5.41, 5.74) is 5.37. The van der Waals surface area contributed by atoms with Gasteiger partial charge in [0, 0.05) is 13.0 Å². The van der Waals surface area contributed by atoms with Crippen LogP contribution in [0.2, 0.25) is 0 Å². The summed E-state index contributed by atoms with van der Waals surface area (Å²) in [6, 6.07) is -1.48. The number of rotatable bonds is 48. The molecular formula is C53H94NO9P. The van der Waals surface area contributed by atoms with Crippen molar-refractivity contribution in [1.29, 1.82) is 0 Å². The Morgan fingerprint density at radius 3 is 1.38 bits per heavy atom. The molecule has 0 amide bonds. The van der Waals surface area contributed by atoms with E-state index in [4.69, 9.17) is 29.4 Å². The van der Waals surface area contributed by atoms with Gasteiger partial charge in [0.2, 0.25) is 0 Å². The smallest absolute Gasteiger partial charge is 0.472 e. The summed E-state index contributed by atoms with van der Waals surface area (Å²) in [7, 11) is -4.63. The SMILES string of the molecule is CC/C=C\C/C=C\C/C=C\C/C=C\C/C=C\CCCCCCCCCC(=O)OC(COCCCCCCCCCC/C=C\CCCCCCCCC)COP(=O)(O)OCC(N)C(=O)O. The Morgan fingerprint density at radius 1 is 0.516 bits per heavy atom. The highest BCUT2D eigenvalue weighted by Gasteiger charge is 2.27. The lowest BCUT2D eigenvalue weighted by Crippen LogP contribution is -2.34. The molecule has 0 radical (unpaired) electrons. The van der Waals surface area contributed by atoms with E-state index in [0.29, 0.717) is 13.0 Å². The standard InChI is InChI=1S/C53H94NO9P/c1-3-5-7-9-11-13-15-17-19-21-23-24-25-26-27-29-31-33-35-37-39-41-43-45-52(55)63-50(48-61-64(58,59)62-49-51(54)53(56)57)47-60-46-44-42-40-38-36-34-32-30-28-22-20-18-16-14-12-10-8-6-4-2/h5,7,11,13,17,19-20,22-24,26-27,50-51H,3-4,6,8-10,12,14-16,18,21,25,28-49,54H2,1-2H3,(H,56,57)(H,58,59)/b7-5-,13-11-,19-17-,22-20-,24-23-,27-26-. The van der Waals surface area contributed by atoms with Gasteiger partial charge in [-0.25, -0.2) is 4.57 Å².